The molecule has 1 saturated heterocycles. The molecule has 1 fully saturated rings. The summed E-state index contributed by atoms with van der Waals surface area (Å²) in [6.07, 6.45) is 0. The van der Waals surface area contributed by atoms with E-state index in [-0.39, 0.29) is 18.1 Å². The minimum atomic E-state index is 0.156. The Morgan fingerprint density at radius 3 is 2.34 bits per heavy atom. The number of amidine groups is 1. The van der Waals surface area contributed by atoms with E-state index in [1.165, 1.54) is 5.69 Å². The molecule has 2 aliphatic rings. The second-order valence-electron chi connectivity index (χ2n) is 8.41. The first-order valence-corrected chi connectivity index (χ1v) is 10.8. The first kappa shape index (κ1) is 20.4. The van der Waals surface area contributed by atoms with Crippen LogP contribution in [0, 0.1) is 5.41 Å². The molecule has 166 valence electrons. The van der Waals surface area contributed by atoms with Crippen LogP contribution in [0.1, 0.15) is 5.82 Å². The highest BCUT2D eigenvalue weighted by atomic mass is 16.5. The number of methoxy groups -OCH3 is 1. The third-order valence-electron chi connectivity index (χ3n) is 6.44. The molecule has 3 heterocycles. The van der Waals surface area contributed by atoms with Gasteiger partial charge in [0.2, 0.25) is 0 Å². The number of anilines is 2. The number of hydrogen-bond donors (Lipinski definition) is 2. The molecule has 0 spiro atoms. The summed E-state index contributed by atoms with van der Waals surface area (Å²) in [6, 6.07) is 13.9. The lowest BCUT2D eigenvalue weighted by atomic mass is 10.2. The molecule has 2 aliphatic heterocycles. The highest BCUT2D eigenvalue weighted by Crippen LogP contribution is 2.33. The Labute approximate surface area is 187 Å². The number of fused-ring (bicyclic) bond motifs is 1. The molecule has 0 unspecified atom stereocenters. The van der Waals surface area contributed by atoms with Gasteiger partial charge in [-0.05, 0) is 43.4 Å². The van der Waals surface area contributed by atoms with Crippen LogP contribution in [0.25, 0.3) is 16.6 Å². The molecule has 3 aromatic rings. The predicted molar refractivity (Wildman–Crippen MR) is 128 cm³/mol. The van der Waals surface area contributed by atoms with Crippen molar-refractivity contribution in [1.29, 1.82) is 5.41 Å². The van der Waals surface area contributed by atoms with Gasteiger partial charge in [0.25, 0.3) is 0 Å². The molecule has 5 rings (SSSR count). The maximum atomic E-state index is 10.8. The Morgan fingerprint density at radius 2 is 1.66 bits per heavy atom. The molecule has 32 heavy (non-hydrogen) atoms. The standard InChI is InChI=1S/C24H28N6O2/c1-27-10-12-29(13-11-27)16-4-6-17(7-5-16)30-15-21(31)22(23(30)25)24-26-19-14-18(32-3)8-9-20(19)28(24)2/h4-9,14,25,31H,10-13,15H2,1-3H3. The van der Waals surface area contributed by atoms with Gasteiger partial charge in [-0.2, -0.15) is 0 Å². The molecule has 0 amide bonds. The minimum Gasteiger partial charge on any atom is -0.509 e. The summed E-state index contributed by atoms with van der Waals surface area (Å²) < 4.78 is 7.22. The molecule has 0 saturated carbocycles. The van der Waals surface area contributed by atoms with Crippen LogP contribution in [0.4, 0.5) is 11.4 Å². The van der Waals surface area contributed by atoms with Crippen LogP contribution >= 0.6 is 0 Å². The summed E-state index contributed by atoms with van der Waals surface area (Å²) >= 11 is 0. The van der Waals surface area contributed by atoms with E-state index in [1.807, 2.05) is 46.8 Å². The second-order valence-corrected chi connectivity index (χ2v) is 8.41. The van der Waals surface area contributed by atoms with Crippen LogP contribution in [0.3, 0.4) is 0 Å². The topological polar surface area (TPSA) is 80.9 Å². The zero-order valence-corrected chi connectivity index (χ0v) is 18.7. The van der Waals surface area contributed by atoms with E-state index in [4.69, 9.17) is 15.1 Å². The summed E-state index contributed by atoms with van der Waals surface area (Å²) in [4.78, 5) is 11.2. The first-order valence-electron chi connectivity index (χ1n) is 10.8. The number of imidazole rings is 1. The highest BCUT2D eigenvalue weighted by Gasteiger charge is 2.32. The Bertz CT molecular complexity index is 1210. The average molecular weight is 433 g/mol. The van der Waals surface area contributed by atoms with Crippen molar-refractivity contribution >= 4 is 33.8 Å². The normalized spacial score (nSPS) is 17.7. The van der Waals surface area contributed by atoms with E-state index in [2.05, 4.69) is 29.0 Å². The quantitative estimate of drug-likeness (QED) is 0.660. The van der Waals surface area contributed by atoms with E-state index in [1.54, 1.807) is 7.11 Å². The van der Waals surface area contributed by atoms with Crippen LogP contribution in [-0.4, -0.2) is 72.3 Å². The lowest BCUT2D eigenvalue weighted by molar-refractivity contribution is 0.313. The van der Waals surface area contributed by atoms with Crippen molar-refractivity contribution in [3.8, 4) is 5.75 Å². The van der Waals surface area contributed by atoms with Crippen LogP contribution in [0.15, 0.2) is 48.2 Å². The monoisotopic (exact) mass is 432 g/mol. The Balaban J connectivity index is 1.40. The van der Waals surface area contributed by atoms with Crippen molar-refractivity contribution in [3.63, 3.8) is 0 Å². The first-order chi connectivity index (χ1) is 15.5. The van der Waals surface area contributed by atoms with Gasteiger partial charge in [0.1, 0.15) is 23.2 Å². The van der Waals surface area contributed by atoms with E-state index in [0.717, 1.165) is 48.6 Å². The van der Waals surface area contributed by atoms with Crippen molar-refractivity contribution < 1.29 is 9.84 Å². The number of aryl methyl sites for hydroxylation is 1. The fraction of sp³-hybridized carbons (Fsp3) is 0.333. The van der Waals surface area contributed by atoms with Gasteiger partial charge in [-0.1, -0.05) is 0 Å². The molecule has 0 radical (unpaired) electrons. The van der Waals surface area contributed by atoms with Crippen LogP contribution in [0.5, 0.6) is 5.75 Å². The van der Waals surface area contributed by atoms with Crippen LogP contribution < -0.4 is 14.5 Å². The number of likely N-dealkylation sites (N-methyl/N-ethyl adjacent to an activating group) is 1. The molecule has 0 atom stereocenters. The Morgan fingerprint density at radius 1 is 0.969 bits per heavy atom. The zero-order valence-electron chi connectivity index (χ0n) is 18.7. The number of aliphatic hydroxyl groups excluding tert-OH is 1. The van der Waals surface area contributed by atoms with Gasteiger partial charge in [0.15, 0.2) is 0 Å². The third-order valence-corrected chi connectivity index (χ3v) is 6.44. The number of piperazine rings is 1. The fourth-order valence-corrected chi connectivity index (χ4v) is 4.47. The van der Waals surface area contributed by atoms with E-state index < -0.39 is 0 Å². The molecule has 2 N–H and O–H groups in total. The zero-order chi connectivity index (χ0) is 22.4. The number of aromatic nitrogens is 2. The van der Waals surface area contributed by atoms with Crippen molar-refractivity contribution in [1.82, 2.24) is 14.5 Å². The van der Waals surface area contributed by atoms with Crippen molar-refractivity contribution in [2.24, 2.45) is 7.05 Å². The molecular weight excluding hydrogens is 404 g/mol. The van der Waals surface area contributed by atoms with Gasteiger partial charge in [0.05, 0.1) is 30.3 Å². The summed E-state index contributed by atoms with van der Waals surface area (Å²) in [7, 11) is 5.68. The highest BCUT2D eigenvalue weighted by molar-refractivity contribution is 6.30. The van der Waals surface area contributed by atoms with Crippen molar-refractivity contribution in [2.75, 3.05) is 56.7 Å². The summed E-state index contributed by atoms with van der Waals surface area (Å²) in [5.41, 5.74) is 4.23. The molecule has 1 aromatic heterocycles. The van der Waals surface area contributed by atoms with Gasteiger partial charge in [-0.3, -0.25) is 5.41 Å². The molecule has 0 aliphatic carbocycles. The largest absolute Gasteiger partial charge is 0.509 e. The summed E-state index contributed by atoms with van der Waals surface area (Å²) in [5.74, 6) is 1.71. The van der Waals surface area contributed by atoms with Gasteiger partial charge in [-0.15, -0.1) is 0 Å². The lowest BCUT2D eigenvalue weighted by Gasteiger charge is -2.34. The molecule has 0 bridgehead atoms. The molecular formula is C24H28N6O2. The summed E-state index contributed by atoms with van der Waals surface area (Å²) in [5, 5.41) is 19.6. The Hall–Kier alpha value is -3.52. The number of aliphatic hydroxyl groups is 1. The molecule has 8 nitrogen and oxygen atoms in total. The van der Waals surface area contributed by atoms with Gasteiger partial charge >= 0.3 is 0 Å². The van der Waals surface area contributed by atoms with Crippen molar-refractivity contribution in [2.45, 2.75) is 0 Å². The van der Waals surface area contributed by atoms with E-state index in [0.29, 0.717) is 11.4 Å². The smallest absolute Gasteiger partial charge is 0.148 e. The lowest BCUT2D eigenvalue weighted by Crippen LogP contribution is -2.44. The number of nitrogens with zero attached hydrogens (tertiary/aromatic N) is 5. The fourth-order valence-electron chi connectivity index (χ4n) is 4.47. The number of benzene rings is 2. The van der Waals surface area contributed by atoms with E-state index >= 15 is 0 Å². The van der Waals surface area contributed by atoms with Gasteiger partial charge in [-0.25, -0.2) is 4.98 Å². The Kier molecular flexibility index (Phi) is 5.01. The second kappa shape index (κ2) is 7.87. The third kappa shape index (κ3) is 3.36. The number of ether oxygens (including phenoxy) is 1. The van der Waals surface area contributed by atoms with Gasteiger partial charge in [0, 0.05) is 50.7 Å². The van der Waals surface area contributed by atoms with E-state index in [9.17, 15) is 5.11 Å². The van der Waals surface area contributed by atoms with Crippen LogP contribution in [0.2, 0.25) is 0 Å². The van der Waals surface area contributed by atoms with Gasteiger partial charge < -0.3 is 29.1 Å². The predicted octanol–water partition coefficient (Wildman–Crippen LogP) is 3.10. The SMILES string of the molecule is COc1ccc2c(c1)nc(C1=C(O)CN(c3ccc(N4CCN(C)CC4)cc3)C1=N)n2C. The minimum absolute atomic E-state index is 0.156. The van der Waals surface area contributed by atoms with Crippen molar-refractivity contribution in [3.05, 3.63) is 54.0 Å². The number of hydrogen-bond acceptors (Lipinski definition) is 6. The average Bonchev–Trinajstić information content (AvgIpc) is 3.29. The maximum absolute atomic E-state index is 10.8. The summed E-state index contributed by atoms with van der Waals surface area (Å²) in [6.45, 7) is 4.40. The van der Waals surface area contributed by atoms with Crippen LogP contribution in [-0.2, 0) is 7.05 Å². The molecule has 2 aromatic carbocycles. The maximum Gasteiger partial charge on any atom is 0.148 e. The number of rotatable bonds is 4. The molecule has 8 heteroatoms. The number of nitrogens with one attached hydrogen (secondary N) is 1.